The Balaban J connectivity index is 1.55. The van der Waals surface area contributed by atoms with Crippen LogP contribution in [0, 0.1) is 11.3 Å². The Kier molecular flexibility index (Phi) is 7.19. The van der Waals surface area contributed by atoms with E-state index in [-0.39, 0.29) is 11.5 Å². The number of benzene rings is 4. The van der Waals surface area contributed by atoms with E-state index in [0.717, 1.165) is 11.1 Å². The van der Waals surface area contributed by atoms with E-state index >= 15 is 0 Å². The number of rotatable bonds is 8. The highest BCUT2D eigenvalue weighted by Gasteiger charge is 2.17. The molecule has 4 rings (SSSR count). The first-order valence-corrected chi connectivity index (χ1v) is 11.0. The van der Waals surface area contributed by atoms with Crippen LogP contribution < -0.4 is 4.74 Å². The molecule has 6 nitrogen and oxygen atoms in total. The van der Waals surface area contributed by atoms with Crippen molar-refractivity contribution >= 4 is 11.9 Å². The van der Waals surface area contributed by atoms with Gasteiger partial charge in [0.25, 0.3) is 5.91 Å². The number of aromatic carboxylic acids is 1. The van der Waals surface area contributed by atoms with Crippen molar-refractivity contribution in [2.75, 3.05) is 0 Å². The average molecular weight is 463 g/mol. The lowest BCUT2D eigenvalue weighted by atomic mass is 10.1. The molecule has 172 valence electrons. The summed E-state index contributed by atoms with van der Waals surface area (Å²) in [6.07, 6.45) is 0. The van der Waals surface area contributed by atoms with Gasteiger partial charge in [0.2, 0.25) is 0 Å². The number of nitrogens with zero attached hydrogens (tertiary/aromatic N) is 2. The molecule has 0 unspecified atom stereocenters. The van der Waals surface area contributed by atoms with Crippen LogP contribution in [0.2, 0.25) is 0 Å². The SMILES string of the molecule is N#Cc1ccccc1Oc1ccc(C(=O)N(Cc2ccccc2)Cc2ccc(C(=O)O)cc2)cc1. The van der Waals surface area contributed by atoms with Crippen molar-refractivity contribution in [2.45, 2.75) is 13.1 Å². The molecule has 0 heterocycles. The Morgan fingerprint density at radius 2 is 1.31 bits per heavy atom. The minimum absolute atomic E-state index is 0.167. The van der Waals surface area contributed by atoms with Gasteiger partial charge in [-0.05, 0) is 59.7 Å². The third-order valence-electron chi connectivity index (χ3n) is 5.41. The number of carboxylic acids is 1. The van der Waals surface area contributed by atoms with E-state index in [4.69, 9.17) is 9.84 Å². The minimum Gasteiger partial charge on any atom is -0.478 e. The van der Waals surface area contributed by atoms with Gasteiger partial charge >= 0.3 is 5.97 Å². The molecule has 1 N–H and O–H groups in total. The van der Waals surface area contributed by atoms with Crippen LogP contribution in [-0.4, -0.2) is 21.9 Å². The molecule has 0 saturated heterocycles. The number of nitriles is 1. The molecule has 0 atom stereocenters. The maximum atomic E-state index is 13.4. The first-order valence-electron chi connectivity index (χ1n) is 11.0. The summed E-state index contributed by atoms with van der Waals surface area (Å²) in [4.78, 5) is 26.3. The van der Waals surface area contributed by atoms with E-state index in [2.05, 4.69) is 6.07 Å². The second-order valence-corrected chi connectivity index (χ2v) is 7.88. The highest BCUT2D eigenvalue weighted by molar-refractivity contribution is 5.94. The van der Waals surface area contributed by atoms with E-state index in [9.17, 15) is 14.9 Å². The maximum Gasteiger partial charge on any atom is 0.335 e. The fourth-order valence-electron chi connectivity index (χ4n) is 3.60. The standard InChI is InChI=1S/C29H22N2O4/c30-18-25-8-4-5-9-27(25)35-26-16-14-23(15-17-26)28(32)31(19-21-6-2-1-3-7-21)20-22-10-12-24(13-11-22)29(33)34/h1-17H,19-20H2,(H,33,34). The maximum absolute atomic E-state index is 13.4. The zero-order valence-corrected chi connectivity index (χ0v) is 18.8. The molecular formula is C29H22N2O4. The Hall–Kier alpha value is -4.89. The van der Waals surface area contributed by atoms with Gasteiger partial charge in [0.1, 0.15) is 17.6 Å². The number of carbonyl (C=O) groups excluding carboxylic acids is 1. The highest BCUT2D eigenvalue weighted by Crippen LogP contribution is 2.25. The first-order chi connectivity index (χ1) is 17.0. The molecule has 0 aliphatic heterocycles. The van der Waals surface area contributed by atoms with E-state index < -0.39 is 5.97 Å². The number of para-hydroxylation sites is 1. The fourth-order valence-corrected chi connectivity index (χ4v) is 3.60. The van der Waals surface area contributed by atoms with Gasteiger partial charge in [0.05, 0.1) is 11.1 Å². The van der Waals surface area contributed by atoms with Gasteiger partial charge < -0.3 is 14.7 Å². The summed E-state index contributed by atoms with van der Waals surface area (Å²) in [6, 6.07) is 32.0. The van der Waals surface area contributed by atoms with Crippen molar-refractivity contribution in [3.05, 3.63) is 131 Å². The number of carbonyl (C=O) groups is 2. The summed E-state index contributed by atoms with van der Waals surface area (Å²) in [6.45, 7) is 0.718. The molecular weight excluding hydrogens is 440 g/mol. The summed E-state index contributed by atoms with van der Waals surface area (Å²) in [7, 11) is 0. The van der Waals surface area contributed by atoms with E-state index in [1.807, 2.05) is 30.3 Å². The third-order valence-corrected chi connectivity index (χ3v) is 5.41. The molecule has 4 aromatic rings. The van der Waals surface area contributed by atoms with Crippen molar-refractivity contribution in [1.29, 1.82) is 5.26 Å². The smallest absolute Gasteiger partial charge is 0.335 e. The molecule has 0 bridgehead atoms. The van der Waals surface area contributed by atoms with Gasteiger partial charge in [-0.25, -0.2) is 4.79 Å². The normalized spacial score (nSPS) is 10.3. The molecule has 0 saturated carbocycles. The van der Waals surface area contributed by atoms with Gasteiger partial charge in [0, 0.05) is 18.7 Å². The zero-order chi connectivity index (χ0) is 24.6. The summed E-state index contributed by atoms with van der Waals surface area (Å²) < 4.78 is 5.82. The van der Waals surface area contributed by atoms with Crippen molar-refractivity contribution in [1.82, 2.24) is 4.90 Å². The first kappa shape index (κ1) is 23.3. The van der Waals surface area contributed by atoms with E-state index in [1.165, 1.54) is 12.1 Å². The Labute approximate surface area is 203 Å². The molecule has 0 radical (unpaired) electrons. The molecule has 6 heteroatoms. The second kappa shape index (κ2) is 10.8. The lowest BCUT2D eigenvalue weighted by Crippen LogP contribution is -2.30. The van der Waals surface area contributed by atoms with Gasteiger partial charge in [-0.3, -0.25) is 4.79 Å². The Morgan fingerprint density at radius 1 is 0.743 bits per heavy atom. The van der Waals surface area contributed by atoms with Crippen molar-refractivity contribution in [3.63, 3.8) is 0 Å². The Morgan fingerprint density at radius 3 is 1.94 bits per heavy atom. The van der Waals surface area contributed by atoms with Crippen LogP contribution in [0.5, 0.6) is 11.5 Å². The number of amides is 1. The summed E-state index contributed by atoms with van der Waals surface area (Å²) in [5, 5.41) is 18.4. The fraction of sp³-hybridized carbons (Fsp3) is 0.0690. The van der Waals surface area contributed by atoms with Crippen molar-refractivity contribution in [2.24, 2.45) is 0 Å². The van der Waals surface area contributed by atoms with Gasteiger partial charge in [0.15, 0.2) is 0 Å². The lowest BCUT2D eigenvalue weighted by Gasteiger charge is -2.23. The second-order valence-electron chi connectivity index (χ2n) is 7.88. The third kappa shape index (κ3) is 5.92. The topological polar surface area (TPSA) is 90.6 Å². The molecule has 0 fully saturated rings. The predicted molar refractivity (Wildman–Crippen MR) is 131 cm³/mol. The van der Waals surface area contributed by atoms with Crippen molar-refractivity contribution in [3.8, 4) is 17.6 Å². The average Bonchev–Trinajstić information content (AvgIpc) is 2.89. The molecule has 0 aliphatic carbocycles. The predicted octanol–water partition coefficient (Wildman–Crippen LogP) is 5.89. The minimum atomic E-state index is -0.992. The lowest BCUT2D eigenvalue weighted by molar-refractivity contribution is 0.0693. The highest BCUT2D eigenvalue weighted by atomic mass is 16.5. The van der Waals surface area contributed by atoms with Crippen LogP contribution in [0.15, 0.2) is 103 Å². The molecule has 1 amide bonds. The van der Waals surface area contributed by atoms with Crippen LogP contribution in [0.25, 0.3) is 0 Å². The number of hydrogen-bond donors (Lipinski definition) is 1. The molecule has 4 aromatic carbocycles. The van der Waals surface area contributed by atoms with E-state index in [1.54, 1.807) is 65.6 Å². The Bertz CT molecular complexity index is 1360. The molecule has 0 aliphatic rings. The van der Waals surface area contributed by atoms with Crippen LogP contribution in [0.1, 0.15) is 37.4 Å². The van der Waals surface area contributed by atoms with Crippen LogP contribution in [-0.2, 0) is 13.1 Å². The molecule has 35 heavy (non-hydrogen) atoms. The molecule has 0 spiro atoms. The van der Waals surface area contributed by atoms with Gasteiger partial charge in [-0.2, -0.15) is 5.26 Å². The number of carboxylic acid groups (broad SMARTS) is 1. The van der Waals surface area contributed by atoms with Gasteiger partial charge in [-0.15, -0.1) is 0 Å². The summed E-state index contributed by atoms with van der Waals surface area (Å²) >= 11 is 0. The zero-order valence-electron chi connectivity index (χ0n) is 18.8. The summed E-state index contributed by atoms with van der Waals surface area (Å²) in [5.74, 6) is -0.193. The van der Waals surface area contributed by atoms with Crippen LogP contribution in [0.3, 0.4) is 0 Å². The largest absolute Gasteiger partial charge is 0.478 e. The molecule has 0 aromatic heterocycles. The van der Waals surface area contributed by atoms with E-state index in [0.29, 0.717) is 35.7 Å². The van der Waals surface area contributed by atoms with Crippen molar-refractivity contribution < 1.29 is 19.4 Å². The van der Waals surface area contributed by atoms with Crippen LogP contribution >= 0.6 is 0 Å². The number of hydrogen-bond acceptors (Lipinski definition) is 4. The monoisotopic (exact) mass is 462 g/mol. The number of ether oxygens (including phenoxy) is 1. The summed E-state index contributed by atoms with van der Waals surface area (Å²) in [5.41, 5.74) is 2.92. The van der Waals surface area contributed by atoms with Crippen LogP contribution in [0.4, 0.5) is 0 Å². The van der Waals surface area contributed by atoms with Gasteiger partial charge in [-0.1, -0.05) is 54.6 Å². The quantitative estimate of drug-likeness (QED) is 0.352.